The van der Waals surface area contributed by atoms with Crippen LogP contribution in [-0.4, -0.2) is 24.1 Å². The predicted octanol–water partition coefficient (Wildman–Crippen LogP) is 9.40. The highest BCUT2D eigenvalue weighted by Gasteiger charge is 2.21. The lowest BCUT2D eigenvalue weighted by molar-refractivity contribution is 1.16. The van der Waals surface area contributed by atoms with Gasteiger partial charge in [0.1, 0.15) is 22.1 Å². The second-order valence-electron chi connectivity index (χ2n) is 11.0. The summed E-state index contributed by atoms with van der Waals surface area (Å²) in [5, 5.41) is 0. The Kier molecular flexibility index (Phi) is 5.43. The molecule has 0 radical (unpaired) electrons. The van der Waals surface area contributed by atoms with Crippen LogP contribution in [0, 0.1) is 0 Å². The van der Waals surface area contributed by atoms with Gasteiger partial charge in [0.2, 0.25) is 0 Å². The first-order chi connectivity index (χ1) is 21.8. The van der Waals surface area contributed by atoms with Gasteiger partial charge in [0.25, 0.3) is 0 Å². The van der Waals surface area contributed by atoms with Crippen LogP contribution in [0.2, 0.25) is 0 Å². The molecule has 206 valence electrons. The Labute approximate surface area is 253 Å². The van der Waals surface area contributed by atoms with Gasteiger partial charge in [-0.2, -0.15) is 0 Å². The van der Waals surface area contributed by atoms with E-state index in [1.165, 1.54) is 11.1 Å². The van der Waals surface area contributed by atoms with Crippen molar-refractivity contribution in [3.8, 4) is 33.6 Å². The van der Waals surface area contributed by atoms with Gasteiger partial charge in [0.05, 0.1) is 22.1 Å². The fraction of sp³-hybridized carbons (Fsp3) is 0. The van der Waals surface area contributed by atoms with Crippen molar-refractivity contribution in [2.75, 3.05) is 0 Å². The van der Waals surface area contributed by atoms with Gasteiger partial charge in [-0.3, -0.25) is 9.97 Å². The molecule has 44 heavy (non-hydrogen) atoms. The first-order valence-electron chi connectivity index (χ1n) is 14.7. The Hall–Kier alpha value is -6.07. The maximum absolute atomic E-state index is 5.32. The highest BCUT2D eigenvalue weighted by molar-refractivity contribution is 6.13. The lowest BCUT2D eigenvalue weighted by atomic mass is 9.98. The molecule has 5 heteroatoms. The van der Waals surface area contributed by atoms with Crippen molar-refractivity contribution in [1.29, 1.82) is 0 Å². The number of pyridine rings is 3. The summed E-state index contributed by atoms with van der Waals surface area (Å²) in [5.41, 5.74) is 14.3. The molecule has 5 heterocycles. The molecule has 0 unspecified atom stereocenters. The zero-order chi connectivity index (χ0) is 29.0. The minimum Gasteiger partial charge on any atom is -0.306 e. The molecule has 0 saturated heterocycles. The minimum absolute atomic E-state index is 0.859. The molecular formula is C39H25N5. The SMILES string of the molecule is c1ccc(-c2cc(-c3ccccc3)cc(-n3c4cccnc4c4nc5c6ncccc6n(-c6ccccc6)c5cc43)c2)cc1. The number of rotatable bonds is 4. The van der Waals surface area contributed by atoms with Crippen LogP contribution >= 0.6 is 0 Å². The molecule has 9 rings (SSSR count). The summed E-state index contributed by atoms with van der Waals surface area (Å²) in [6, 6.07) is 48.9. The Balaban J connectivity index is 1.41. The number of nitrogens with zero attached hydrogens (tertiary/aromatic N) is 5. The van der Waals surface area contributed by atoms with E-state index in [4.69, 9.17) is 15.0 Å². The third kappa shape index (κ3) is 3.76. The van der Waals surface area contributed by atoms with Crippen molar-refractivity contribution in [2.24, 2.45) is 0 Å². The number of aromatic nitrogens is 5. The molecule has 0 aliphatic carbocycles. The molecule has 4 aromatic carbocycles. The van der Waals surface area contributed by atoms with Crippen LogP contribution in [0.1, 0.15) is 0 Å². The molecule has 0 bridgehead atoms. The maximum atomic E-state index is 5.32. The molecule has 0 spiro atoms. The summed E-state index contributed by atoms with van der Waals surface area (Å²) >= 11 is 0. The van der Waals surface area contributed by atoms with Gasteiger partial charge in [-0.25, -0.2) is 4.98 Å². The first-order valence-corrected chi connectivity index (χ1v) is 14.7. The normalized spacial score (nSPS) is 11.6. The molecule has 0 N–H and O–H groups in total. The molecule has 5 aromatic heterocycles. The second-order valence-corrected chi connectivity index (χ2v) is 11.0. The number of fused-ring (bicyclic) bond motifs is 6. The third-order valence-corrected chi connectivity index (χ3v) is 8.37. The van der Waals surface area contributed by atoms with E-state index in [1.807, 2.05) is 30.6 Å². The van der Waals surface area contributed by atoms with Gasteiger partial charge in [-0.15, -0.1) is 0 Å². The summed E-state index contributed by atoms with van der Waals surface area (Å²) < 4.78 is 4.57. The predicted molar refractivity (Wildman–Crippen MR) is 179 cm³/mol. The summed E-state index contributed by atoms with van der Waals surface area (Å²) in [7, 11) is 0. The quantitative estimate of drug-likeness (QED) is 0.214. The molecular weight excluding hydrogens is 538 g/mol. The Morgan fingerprint density at radius 1 is 0.341 bits per heavy atom. The van der Waals surface area contributed by atoms with Crippen molar-refractivity contribution in [3.63, 3.8) is 0 Å². The summed E-state index contributed by atoms with van der Waals surface area (Å²) in [5.74, 6) is 0. The van der Waals surface area contributed by atoms with E-state index < -0.39 is 0 Å². The van der Waals surface area contributed by atoms with E-state index >= 15 is 0 Å². The van der Waals surface area contributed by atoms with Gasteiger partial charge in [0, 0.05) is 23.8 Å². The van der Waals surface area contributed by atoms with Crippen molar-refractivity contribution in [2.45, 2.75) is 0 Å². The summed E-state index contributed by atoms with van der Waals surface area (Å²) in [6.45, 7) is 0. The van der Waals surface area contributed by atoms with Crippen molar-refractivity contribution in [3.05, 3.63) is 152 Å². The van der Waals surface area contributed by atoms with Gasteiger partial charge in [-0.05, 0) is 82.9 Å². The highest BCUT2D eigenvalue weighted by Crippen LogP contribution is 2.38. The zero-order valence-corrected chi connectivity index (χ0v) is 23.7. The first kappa shape index (κ1) is 24.5. The van der Waals surface area contributed by atoms with Gasteiger partial charge < -0.3 is 9.13 Å². The third-order valence-electron chi connectivity index (χ3n) is 8.37. The van der Waals surface area contributed by atoms with Crippen molar-refractivity contribution < 1.29 is 0 Å². The van der Waals surface area contributed by atoms with E-state index in [-0.39, 0.29) is 0 Å². The van der Waals surface area contributed by atoms with Gasteiger partial charge >= 0.3 is 0 Å². The van der Waals surface area contributed by atoms with E-state index in [1.54, 1.807) is 0 Å². The monoisotopic (exact) mass is 563 g/mol. The maximum Gasteiger partial charge on any atom is 0.116 e. The fourth-order valence-corrected chi connectivity index (χ4v) is 6.43. The smallest absolute Gasteiger partial charge is 0.116 e. The van der Waals surface area contributed by atoms with Crippen molar-refractivity contribution in [1.82, 2.24) is 24.1 Å². The Morgan fingerprint density at radius 3 is 1.34 bits per heavy atom. The molecule has 0 amide bonds. The number of hydrogen-bond acceptors (Lipinski definition) is 3. The van der Waals surface area contributed by atoms with Crippen molar-refractivity contribution >= 4 is 44.1 Å². The summed E-state index contributed by atoms with van der Waals surface area (Å²) in [4.78, 5) is 15.0. The minimum atomic E-state index is 0.859. The van der Waals surface area contributed by atoms with E-state index in [9.17, 15) is 0 Å². The zero-order valence-electron chi connectivity index (χ0n) is 23.7. The molecule has 9 aromatic rings. The topological polar surface area (TPSA) is 48.5 Å². The van der Waals surface area contributed by atoms with E-state index in [0.717, 1.165) is 66.6 Å². The van der Waals surface area contributed by atoms with Crippen LogP contribution in [0.25, 0.3) is 77.8 Å². The average molecular weight is 564 g/mol. The lowest BCUT2D eigenvalue weighted by Crippen LogP contribution is -1.97. The van der Waals surface area contributed by atoms with E-state index in [0.29, 0.717) is 0 Å². The number of hydrogen-bond donors (Lipinski definition) is 0. The van der Waals surface area contributed by atoms with Gasteiger partial charge in [0.15, 0.2) is 0 Å². The second kappa shape index (κ2) is 9.75. The van der Waals surface area contributed by atoms with Crippen LogP contribution in [-0.2, 0) is 0 Å². The molecule has 0 aliphatic rings. The van der Waals surface area contributed by atoms with Crippen LogP contribution < -0.4 is 0 Å². The summed E-state index contributed by atoms with van der Waals surface area (Å²) in [6.07, 6.45) is 3.68. The molecule has 0 fully saturated rings. The highest BCUT2D eigenvalue weighted by atomic mass is 15.1. The van der Waals surface area contributed by atoms with Crippen LogP contribution in [0.4, 0.5) is 0 Å². The lowest BCUT2D eigenvalue weighted by Gasteiger charge is -2.14. The largest absolute Gasteiger partial charge is 0.306 e. The average Bonchev–Trinajstić information content (AvgIpc) is 3.60. The van der Waals surface area contributed by atoms with Crippen LogP contribution in [0.15, 0.2) is 152 Å². The molecule has 0 saturated carbocycles. The van der Waals surface area contributed by atoms with Gasteiger partial charge in [-0.1, -0.05) is 78.9 Å². The molecule has 0 atom stereocenters. The molecule has 0 aliphatic heterocycles. The van der Waals surface area contributed by atoms with E-state index in [2.05, 4.69) is 130 Å². The Morgan fingerprint density at radius 2 is 0.818 bits per heavy atom. The number of para-hydroxylation sites is 1. The number of benzene rings is 4. The Bertz CT molecular complexity index is 2420. The fourth-order valence-electron chi connectivity index (χ4n) is 6.43. The molecule has 5 nitrogen and oxygen atoms in total. The standard InChI is InChI=1S/C39H25N5/c1-4-12-26(13-5-1)28-22-29(27-14-6-2-7-15-27)24-31(23-28)44-33-19-11-21-41-37(33)39-35(44)25-34-38(42-39)36-32(18-10-20-40-36)43(34)30-16-8-3-9-17-30/h1-25H. The van der Waals surface area contributed by atoms with Crippen LogP contribution in [0.5, 0.6) is 0 Å². The van der Waals surface area contributed by atoms with Crippen LogP contribution in [0.3, 0.4) is 0 Å².